The van der Waals surface area contributed by atoms with Gasteiger partial charge < -0.3 is 14.8 Å². The third-order valence-electron chi connectivity index (χ3n) is 5.63. The summed E-state index contributed by atoms with van der Waals surface area (Å²) in [6, 6.07) is 18.5. The van der Waals surface area contributed by atoms with E-state index in [1.54, 1.807) is 18.3 Å². The van der Waals surface area contributed by atoms with Gasteiger partial charge >= 0.3 is 6.03 Å². The number of fused-ring (bicyclic) bond motifs is 1. The summed E-state index contributed by atoms with van der Waals surface area (Å²) in [6.07, 6.45) is 1.71. The Morgan fingerprint density at radius 1 is 1.03 bits per heavy atom. The summed E-state index contributed by atoms with van der Waals surface area (Å²) in [5.41, 5.74) is 5.71. The van der Waals surface area contributed by atoms with Crippen LogP contribution in [0.25, 0.3) is 22.4 Å². The molecule has 6 nitrogen and oxygen atoms in total. The van der Waals surface area contributed by atoms with Crippen molar-refractivity contribution in [1.82, 2.24) is 9.78 Å². The number of hydrogen-bond donors (Lipinski definition) is 1. The molecular formula is C27H23Cl2N3O3. The topological polar surface area (TPSA) is 65.4 Å². The van der Waals surface area contributed by atoms with Crippen LogP contribution in [0, 0.1) is 6.92 Å². The lowest BCUT2D eigenvalue weighted by molar-refractivity contribution is -0.0434. The molecule has 0 aliphatic carbocycles. The Balaban J connectivity index is 1.51. The van der Waals surface area contributed by atoms with Gasteiger partial charge in [0.25, 0.3) is 0 Å². The molecular weight excluding hydrogens is 485 g/mol. The fraction of sp³-hybridized carbons (Fsp3) is 0.185. The molecule has 1 amide bonds. The summed E-state index contributed by atoms with van der Waals surface area (Å²) in [5, 5.41) is 8.17. The van der Waals surface area contributed by atoms with E-state index in [0.29, 0.717) is 27.9 Å². The molecule has 0 spiro atoms. The van der Waals surface area contributed by atoms with Gasteiger partial charge in [-0.2, -0.15) is 9.78 Å². The number of aryl methyl sites for hydroxylation is 1. The fourth-order valence-electron chi connectivity index (χ4n) is 3.98. The number of nitrogens with zero attached hydrogens (tertiary/aromatic N) is 2. The number of rotatable bonds is 4. The molecule has 1 aliphatic heterocycles. The number of alkyl halides is 1. The maximum atomic E-state index is 13.2. The van der Waals surface area contributed by atoms with E-state index in [4.69, 9.17) is 32.7 Å². The molecule has 0 unspecified atom stereocenters. The molecule has 0 bridgehead atoms. The van der Waals surface area contributed by atoms with Crippen molar-refractivity contribution in [2.45, 2.75) is 32.4 Å². The van der Waals surface area contributed by atoms with Crippen molar-refractivity contribution >= 4 is 34.9 Å². The van der Waals surface area contributed by atoms with Crippen LogP contribution < -0.4 is 14.8 Å². The van der Waals surface area contributed by atoms with Gasteiger partial charge in [-0.3, -0.25) is 0 Å². The zero-order valence-corrected chi connectivity index (χ0v) is 20.9. The Hall–Kier alpha value is -3.48. The molecule has 4 aromatic rings. The average Bonchev–Trinajstić information content (AvgIpc) is 3.40. The average molecular weight is 508 g/mol. The first-order valence-electron chi connectivity index (χ1n) is 11.1. The zero-order chi connectivity index (χ0) is 24.7. The number of halogens is 2. The van der Waals surface area contributed by atoms with Crippen molar-refractivity contribution in [3.8, 4) is 33.9 Å². The minimum absolute atomic E-state index is 0.214. The number of hydrogen-bond acceptors (Lipinski definition) is 4. The Morgan fingerprint density at radius 3 is 2.40 bits per heavy atom. The summed E-state index contributed by atoms with van der Waals surface area (Å²) in [5.74, 6) is 0.537. The van der Waals surface area contributed by atoms with Gasteiger partial charge in [-0.1, -0.05) is 53.6 Å². The molecule has 1 N–H and O–H groups in total. The van der Waals surface area contributed by atoms with Crippen LogP contribution in [-0.4, -0.2) is 21.6 Å². The standard InChI is InChI=1S/C27H23Cl2N3O3/c1-16-4-6-18(7-5-16)24-22(17-8-10-20(29)11-9-17)15-32(31-24)26(33)30-21-12-19(14-28)25-23(13-21)34-27(2,3)35-25/h4-13,15H,14H2,1-3H3,(H,30,33). The van der Waals surface area contributed by atoms with E-state index in [2.05, 4.69) is 10.4 Å². The van der Waals surface area contributed by atoms with Gasteiger partial charge in [0.2, 0.25) is 5.79 Å². The first-order chi connectivity index (χ1) is 16.7. The maximum Gasteiger partial charge on any atom is 0.346 e. The zero-order valence-electron chi connectivity index (χ0n) is 19.4. The Labute approximate surface area is 213 Å². The number of ether oxygens (including phenoxy) is 2. The molecule has 0 fully saturated rings. The first-order valence-corrected chi connectivity index (χ1v) is 12.0. The van der Waals surface area contributed by atoms with Crippen LogP contribution in [-0.2, 0) is 5.88 Å². The largest absolute Gasteiger partial charge is 0.449 e. The van der Waals surface area contributed by atoms with Gasteiger partial charge in [0.05, 0.1) is 5.88 Å². The highest BCUT2D eigenvalue weighted by Gasteiger charge is 2.34. The lowest BCUT2D eigenvalue weighted by atomic mass is 10.0. The highest BCUT2D eigenvalue weighted by molar-refractivity contribution is 6.30. The number of benzene rings is 3. The molecule has 0 radical (unpaired) electrons. The third-order valence-corrected chi connectivity index (χ3v) is 6.17. The van der Waals surface area contributed by atoms with Gasteiger partial charge in [0.1, 0.15) is 5.69 Å². The normalized spacial score (nSPS) is 13.6. The number of amides is 1. The summed E-state index contributed by atoms with van der Waals surface area (Å²) >= 11 is 12.2. The second-order valence-corrected chi connectivity index (χ2v) is 9.54. The Morgan fingerprint density at radius 2 is 1.71 bits per heavy atom. The van der Waals surface area contributed by atoms with Crippen molar-refractivity contribution in [1.29, 1.82) is 0 Å². The number of carbonyl (C=O) groups is 1. The van der Waals surface area contributed by atoms with Crippen LogP contribution >= 0.6 is 23.2 Å². The van der Waals surface area contributed by atoms with Crippen molar-refractivity contribution in [2.24, 2.45) is 0 Å². The van der Waals surface area contributed by atoms with Gasteiger partial charge in [0.15, 0.2) is 11.5 Å². The van der Waals surface area contributed by atoms with Crippen molar-refractivity contribution < 1.29 is 14.3 Å². The van der Waals surface area contributed by atoms with E-state index in [9.17, 15) is 4.79 Å². The molecule has 178 valence electrons. The molecule has 3 aromatic carbocycles. The molecule has 8 heteroatoms. The second-order valence-electron chi connectivity index (χ2n) is 8.84. The van der Waals surface area contributed by atoms with Crippen LogP contribution in [0.4, 0.5) is 10.5 Å². The predicted molar refractivity (Wildman–Crippen MR) is 139 cm³/mol. The van der Waals surface area contributed by atoms with E-state index >= 15 is 0 Å². The lowest BCUT2D eigenvalue weighted by Gasteiger charge is -2.16. The van der Waals surface area contributed by atoms with Crippen molar-refractivity contribution in [2.75, 3.05) is 5.32 Å². The first kappa shape index (κ1) is 23.3. The minimum atomic E-state index is -0.801. The third kappa shape index (κ3) is 4.72. The number of carbonyl (C=O) groups excluding carboxylic acids is 1. The van der Waals surface area contributed by atoms with Crippen molar-refractivity contribution in [3.05, 3.63) is 83.0 Å². The maximum absolute atomic E-state index is 13.2. The lowest BCUT2D eigenvalue weighted by Crippen LogP contribution is -2.29. The van der Waals surface area contributed by atoms with E-state index in [1.807, 2.05) is 69.3 Å². The number of nitrogens with one attached hydrogen (secondary N) is 1. The summed E-state index contributed by atoms with van der Waals surface area (Å²) in [4.78, 5) is 13.2. The monoisotopic (exact) mass is 507 g/mol. The van der Waals surface area contributed by atoms with Gasteiger partial charge in [-0.05, 0) is 30.7 Å². The fourth-order valence-corrected chi connectivity index (χ4v) is 4.30. The van der Waals surface area contributed by atoms with Crippen LogP contribution in [0.15, 0.2) is 66.9 Å². The number of aromatic nitrogens is 2. The van der Waals surface area contributed by atoms with Gasteiger partial charge in [0, 0.05) is 53.5 Å². The molecule has 1 aromatic heterocycles. The summed E-state index contributed by atoms with van der Waals surface area (Å²) < 4.78 is 13.0. The Kier molecular flexibility index (Phi) is 5.95. The molecule has 1 aliphatic rings. The molecule has 35 heavy (non-hydrogen) atoms. The molecule has 0 atom stereocenters. The van der Waals surface area contributed by atoms with E-state index in [-0.39, 0.29) is 5.88 Å². The summed E-state index contributed by atoms with van der Waals surface area (Å²) in [6.45, 7) is 5.66. The highest BCUT2D eigenvalue weighted by atomic mass is 35.5. The molecule has 0 saturated carbocycles. The van der Waals surface area contributed by atoms with E-state index in [1.165, 1.54) is 4.68 Å². The SMILES string of the molecule is Cc1ccc(-c2nn(C(=O)Nc3cc(CCl)c4c(c3)OC(C)(C)O4)cc2-c2ccc(Cl)cc2)cc1. The van der Waals surface area contributed by atoms with Crippen LogP contribution in [0.3, 0.4) is 0 Å². The number of anilines is 1. The summed E-state index contributed by atoms with van der Waals surface area (Å²) in [7, 11) is 0. The minimum Gasteiger partial charge on any atom is -0.449 e. The van der Waals surface area contributed by atoms with Crippen LogP contribution in [0.5, 0.6) is 11.5 Å². The smallest absolute Gasteiger partial charge is 0.346 e. The van der Waals surface area contributed by atoms with E-state index in [0.717, 1.165) is 27.8 Å². The highest BCUT2D eigenvalue weighted by Crippen LogP contribution is 2.44. The Bertz CT molecular complexity index is 1350. The van der Waals surface area contributed by atoms with Crippen molar-refractivity contribution in [3.63, 3.8) is 0 Å². The van der Waals surface area contributed by atoms with Gasteiger partial charge in [-0.25, -0.2) is 4.79 Å². The quantitative estimate of drug-likeness (QED) is 0.290. The molecule has 2 heterocycles. The van der Waals surface area contributed by atoms with Crippen LogP contribution in [0.1, 0.15) is 25.0 Å². The van der Waals surface area contributed by atoms with Gasteiger partial charge in [-0.15, -0.1) is 11.6 Å². The van der Waals surface area contributed by atoms with E-state index < -0.39 is 11.8 Å². The predicted octanol–water partition coefficient (Wildman–Crippen LogP) is 7.51. The molecule has 0 saturated heterocycles. The molecule has 5 rings (SSSR count). The second kappa shape index (κ2) is 8.95. The van der Waals surface area contributed by atoms with Crippen LogP contribution in [0.2, 0.25) is 5.02 Å².